The van der Waals surface area contributed by atoms with Gasteiger partial charge in [0.25, 0.3) is 5.91 Å². The number of likely N-dealkylation sites (tertiary alicyclic amines) is 1. The summed E-state index contributed by atoms with van der Waals surface area (Å²) < 4.78 is 7.12. The van der Waals surface area contributed by atoms with Crippen LogP contribution in [0, 0.1) is 0 Å². The predicted molar refractivity (Wildman–Crippen MR) is 95.8 cm³/mol. The van der Waals surface area contributed by atoms with Crippen LogP contribution in [-0.4, -0.2) is 56.6 Å². The van der Waals surface area contributed by atoms with Crippen molar-refractivity contribution in [3.05, 3.63) is 11.9 Å². The number of rotatable bonds is 3. The molecule has 0 atom stereocenters. The van der Waals surface area contributed by atoms with Gasteiger partial charge in [0, 0.05) is 19.1 Å². The van der Waals surface area contributed by atoms with Gasteiger partial charge in [-0.3, -0.25) is 4.79 Å². The van der Waals surface area contributed by atoms with Gasteiger partial charge in [0.1, 0.15) is 5.60 Å². The highest BCUT2D eigenvalue weighted by Crippen LogP contribution is 2.28. The normalized spacial score (nSPS) is 23.7. The molecule has 0 radical (unpaired) electrons. The Morgan fingerprint density at radius 2 is 1.81 bits per heavy atom. The molecule has 1 aromatic rings. The first-order valence-corrected chi connectivity index (χ1v) is 9.52. The molecule has 1 saturated heterocycles. The maximum absolute atomic E-state index is 12.4. The van der Waals surface area contributed by atoms with E-state index in [1.54, 1.807) is 6.20 Å². The molecule has 0 aromatic carbocycles. The van der Waals surface area contributed by atoms with E-state index < -0.39 is 5.60 Å². The minimum absolute atomic E-state index is 0.0194. The molecule has 1 saturated carbocycles. The molecule has 8 nitrogen and oxygen atoms in total. The second kappa shape index (κ2) is 7.63. The molecule has 1 aliphatic heterocycles. The highest BCUT2D eigenvalue weighted by Gasteiger charge is 2.28. The van der Waals surface area contributed by atoms with Gasteiger partial charge in [-0.05, 0) is 59.3 Å². The van der Waals surface area contributed by atoms with Crippen LogP contribution in [0.2, 0.25) is 0 Å². The van der Waals surface area contributed by atoms with Gasteiger partial charge >= 0.3 is 6.09 Å². The molecule has 0 unspecified atom stereocenters. The highest BCUT2D eigenvalue weighted by atomic mass is 16.6. The zero-order valence-corrected chi connectivity index (χ0v) is 15.9. The first-order chi connectivity index (χ1) is 12.3. The minimum Gasteiger partial charge on any atom is -0.444 e. The Balaban J connectivity index is 1.49. The van der Waals surface area contributed by atoms with Crippen molar-refractivity contribution in [2.45, 2.75) is 77.0 Å². The van der Waals surface area contributed by atoms with E-state index in [0.29, 0.717) is 5.69 Å². The summed E-state index contributed by atoms with van der Waals surface area (Å²) in [6, 6.07) is 0.342. The average Bonchev–Trinajstić information content (AvgIpc) is 3.25. The number of nitrogens with one attached hydrogen (secondary N) is 1. The van der Waals surface area contributed by atoms with Crippen LogP contribution in [-0.2, 0) is 4.74 Å². The molecule has 2 amide bonds. The topological polar surface area (TPSA) is 89.4 Å². The summed E-state index contributed by atoms with van der Waals surface area (Å²) in [7, 11) is 0. The lowest BCUT2D eigenvalue weighted by molar-refractivity contribution is 0.0487. The highest BCUT2D eigenvalue weighted by molar-refractivity contribution is 5.92. The molecule has 2 aliphatic rings. The van der Waals surface area contributed by atoms with E-state index in [2.05, 4.69) is 15.6 Å². The summed E-state index contributed by atoms with van der Waals surface area (Å²) in [5.41, 5.74) is -0.0544. The van der Waals surface area contributed by atoms with Crippen LogP contribution in [0.4, 0.5) is 4.79 Å². The molecule has 0 bridgehead atoms. The Morgan fingerprint density at radius 3 is 2.42 bits per heavy atom. The molecule has 8 heteroatoms. The molecule has 0 spiro atoms. The number of carbonyl (C=O) groups excluding carboxylic acids is 2. The van der Waals surface area contributed by atoms with Gasteiger partial charge in [-0.15, -0.1) is 5.10 Å². The van der Waals surface area contributed by atoms with Crippen molar-refractivity contribution in [2.24, 2.45) is 0 Å². The number of hydrogen-bond donors (Lipinski definition) is 1. The number of hydrogen-bond acceptors (Lipinski definition) is 5. The van der Waals surface area contributed by atoms with Crippen LogP contribution < -0.4 is 5.32 Å². The van der Waals surface area contributed by atoms with Crippen LogP contribution >= 0.6 is 0 Å². The Bertz CT molecular complexity index is 637. The number of alkyl carbamates (subject to hydrolysis) is 1. The average molecular weight is 363 g/mol. The first-order valence-electron chi connectivity index (χ1n) is 9.52. The Hall–Kier alpha value is -2.12. The zero-order chi connectivity index (χ0) is 18.7. The van der Waals surface area contributed by atoms with Crippen molar-refractivity contribution >= 4 is 12.0 Å². The second-order valence-electron chi connectivity index (χ2n) is 8.23. The van der Waals surface area contributed by atoms with Crippen LogP contribution in [0.1, 0.15) is 75.8 Å². The van der Waals surface area contributed by atoms with Gasteiger partial charge in [0.2, 0.25) is 0 Å². The fourth-order valence-corrected chi connectivity index (χ4v) is 3.59. The summed E-state index contributed by atoms with van der Waals surface area (Å²) in [6.45, 7) is 7.19. The van der Waals surface area contributed by atoms with Crippen LogP contribution in [0.25, 0.3) is 0 Å². The lowest BCUT2D eigenvalue weighted by Crippen LogP contribution is -2.41. The van der Waals surface area contributed by atoms with Crippen LogP contribution in [0.15, 0.2) is 6.20 Å². The van der Waals surface area contributed by atoms with E-state index in [-0.39, 0.29) is 24.1 Å². The van der Waals surface area contributed by atoms with Gasteiger partial charge in [-0.25, -0.2) is 9.48 Å². The first kappa shape index (κ1) is 18.7. The van der Waals surface area contributed by atoms with Crippen molar-refractivity contribution < 1.29 is 14.3 Å². The van der Waals surface area contributed by atoms with Crippen molar-refractivity contribution in [2.75, 3.05) is 13.1 Å². The quantitative estimate of drug-likeness (QED) is 0.891. The number of aromatic nitrogens is 3. The molecule has 144 valence electrons. The fraction of sp³-hybridized carbons (Fsp3) is 0.778. The van der Waals surface area contributed by atoms with E-state index in [0.717, 1.165) is 51.6 Å². The third-order valence-corrected chi connectivity index (χ3v) is 4.91. The van der Waals surface area contributed by atoms with Crippen LogP contribution in [0.5, 0.6) is 0 Å². The maximum atomic E-state index is 12.4. The number of ether oxygens (including phenoxy) is 1. The van der Waals surface area contributed by atoms with Gasteiger partial charge in [-0.2, -0.15) is 0 Å². The molecule has 1 N–H and O–H groups in total. The minimum atomic E-state index is -0.486. The predicted octanol–water partition coefficient (Wildman–Crippen LogP) is 2.52. The van der Waals surface area contributed by atoms with Crippen molar-refractivity contribution in [1.82, 2.24) is 25.2 Å². The Kier molecular flexibility index (Phi) is 5.48. The van der Waals surface area contributed by atoms with Crippen molar-refractivity contribution in [3.63, 3.8) is 0 Å². The summed E-state index contributed by atoms with van der Waals surface area (Å²) in [4.78, 5) is 26.1. The lowest BCUT2D eigenvalue weighted by Gasteiger charge is -2.29. The molecule has 26 heavy (non-hydrogen) atoms. The number of nitrogens with zero attached hydrogens (tertiary/aromatic N) is 4. The maximum Gasteiger partial charge on any atom is 0.407 e. The third-order valence-electron chi connectivity index (χ3n) is 4.91. The zero-order valence-electron chi connectivity index (χ0n) is 15.9. The summed E-state index contributed by atoms with van der Waals surface area (Å²) in [5.74, 6) is -0.0194. The van der Waals surface area contributed by atoms with Gasteiger partial charge in [-0.1, -0.05) is 5.21 Å². The third kappa shape index (κ3) is 4.74. The second-order valence-corrected chi connectivity index (χ2v) is 8.23. The molecule has 1 aromatic heterocycles. The molecule has 2 fully saturated rings. The van der Waals surface area contributed by atoms with Gasteiger partial charge < -0.3 is 15.0 Å². The molecule has 1 aliphatic carbocycles. The van der Waals surface area contributed by atoms with E-state index in [1.807, 2.05) is 30.4 Å². The molecule has 2 heterocycles. The van der Waals surface area contributed by atoms with Crippen molar-refractivity contribution in [1.29, 1.82) is 0 Å². The monoisotopic (exact) mass is 363 g/mol. The van der Waals surface area contributed by atoms with Gasteiger partial charge in [0.05, 0.1) is 12.2 Å². The van der Waals surface area contributed by atoms with Crippen molar-refractivity contribution in [3.8, 4) is 0 Å². The molecular weight excluding hydrogens is 334 g/mol. The Labute approximate surface area is 154 Å². The SMILES string of the molecule is CC(C)(C)OC(=O)N[C@H]1CC[C@@H](n2cc(C(=O)N3CCCC3)nn2)CC1. The van der Waals surface area contributed by atoms with E-state index >= 15 is 0 Å². The summed E-state index contributed by atoms with van der Waals surface area (Å²) in [6.07, 6.45) is 7.04. The summed E-state index contributed by atoms with van der Waals surface area (Å²) >= 11 is 0. The van der Waals surface area contributed by atoms with E-state index in [9.17, 15) is 9.59 Å². The molecular formula is C18H29N5O3. The smallest absolute Gasteiger partial charge is 0.407 e. The lowest BCUT2D eigenvalue weighted by atomic mass is 9.91. The number of carbonyl (C=O) groups is 2. The largest absolute Gasteiger partial charge is 0.444 e. The Morgan fingerprint density at radius 1 is 1.15 bits per heavy atom. The number of amides is 2. The fourth-order valence-electron chi connectivity index (χ4n) is 3.59. The molecule has 3 rings (SSSR count). The summed E-state index contributed by atoms with van der Waals surface area (Å²) in [5, 5.41) is 11.2. The van der Waals surface area contributed by atoms with E-state index in [4.69, 9.17) is 4.74 Å². The van der Waals surface area contributed by atoms with Crippen LogP contribution in [0.3, 0.4) is 0 Å². The van der Waals surface area contributed by atoms with E-state index in [1.165, 1.54) is 0 Å². The van der Waals surface area contributed by atoms with Gasteiger partial charge in [0.15, 0.2) is 5.69 Å². The standard InChI is InChI=1S/C18H29N5O3/c1-18(2,3)26-17(25)19-13-6-8-14(9-7-13)23-12-15(20-21-23)16(24)22-10-4-5-11-22/h12-14H,4-11H2,1-3H3,(H,19,25)/t13-,14+.